The standard InChI is InChI=1S/C8H6ClF3OS/c1-14-5-3-2-4(8(10,11)12)6(9)7(5)13/h2-3,13H,1H3. The summed E-state index contributed by atoms with van der Waals surface area (Å²) in [7, 11) is 0. The Morgan fingerprint density at radius 2 is 1.93 bits per heavy atom. The molecule has 0 aliphatic carbocycles. The van der Waals surface area contributed by atoms with E-state index in [1.807, 2.05) is 0 Å². The van der Waals surface area contributed by atoms with Gasteiger partial charge in [0, 0.05) is 0 Å². The number of phenolic OH excluding ortho intramolecular Hbond substituents is 1. The highest BCUT2D eigenvalue weighted by Crippen LogP contribution is 2.42. The number of phenols is 1. The van der Waals surface area contributed by atoms with Crippen molar-refractivity contribution in [2.24, 2.45) is 0 Å². The summed E-state index contributed by atoms with van der Waals surface area (Å²) in [6.45, 7) is 0. The van der Waals surface area contributed by atoms with E-state index < -0.39 is 22.5 Å². The van der Waals surface area contributed by atoms with Crippen molar-refractivity contribution < 1.29 is 18.3 Å². The molecule has 1 nitrogen and oxygen atoms in total. The summed E-state index contributed by atoms with van der Waals surface area (Å²) in [4.78, 5) is 0.322. The van der Waals surface area contributed by atoms with E-state index in [1.54, 1.807) is 6.26 Å². The second kappa shape index (κ2) is 3.90. The number of benzene rings is 1. The smallest absolute Gasteiger partial charge is 0.417 e. The van der Waals surface area contributed by atoms with Gasteiger partial charge in [0.05, 0.1) is 15.5 Å². The molecule has 6 heteroatoms. The topological polar surface area (TPSA) is 20.2 Å². The predicted octanol–water partition coefficient (Wildman–Crippen LogP) is 3.79. The predicted molar refractivity (Wildman–Crippen MR) is 49.9 cm³/mol. The third-order valence-electron chi connectivity index (χ3n) is 1.60. The number of rotatable bonds is 1. The molecule has 0 spiro atoms. The van der Waals surface area contributed by atoms with E-state index in [-0.39, 0.29) is 0 Å². The summed E-state index contributed by atoms with van der Waals surface area (Å²) in [5.74, 6) is -0.519. The minimum atomic E-state index is -4.54. The average molecular weight is 243 g/mol. The third-order valence-corrected chi connectivity index (χ3v) is 2.76. The number of aromatic hydroxyl groups is 1. The molecule has 0 amide bonds. The second-order valence-electron chi connectivity index (χ2n) is 2.48. The van der Waals surface area contributed by atoms with Gasteiger partial charge in [-0.25, -0.2) is 0 Å². The molecule has 0 aliphatic rings. The van der Waals surface area contributed by atoms with Crippen LogP contribution in [0.1, 0.15) is 5.56 Å². The second-order valence-corrected chi connectivity index (χ2v) is 3.70. The number of hydrogen-bond donors (Lipinski definition) is 1. The Balaban J connectivity index is 3.31. The molecule has 0 saturated heterocycles. The van der Waals surface area contributed by atoms with Crippen LogP contribution in [0.3, 0.4) is 0 Å². The van der Waals surface area contributed by atoms with E-state index in [0.717, 1.165) is 17.8 Å². The SMILES string of the molecule is CSc1ccc(C(F)(F)F)c(Cl)c1O. The molecular formula is C8H6ClF3OS. The summed E-state index contributed by atoms with van der Waals surface area (Å²) < 4.78 is 36.8. The van der Waals surface area contributed by atoms with Crippen molar-refractivity contribution in [2.75, 3.05) is 6.26 Å². The van der Waals surface area contributed by atoms with Crippen LogP contribution in [-0.4, -0.2) is 11.4 Å². The van der Waals surface area contributed by atoms with Gasteiger partial charge in [-0.3, -0.25) is 0 Å². The normalized spacial score (nSPS) is 11.8. The Morgan fingerprint density at radius 1 is 1.36 bits per heavy atom. The van der Waals surface area contributed by atoms with Gasteiger partial charge in [0.15, 0.2) is 0 Å². The van der Waals surface area contributed by atoms with Crippen LogP contribution < -0.4 is 0 Å². The molecular weight excluding hydrogens is 237 g/mol. The van der Waals surface area contributed by atoms with E-state index in [2.05, 4.69) is 0 Å². The van der Waals surface area contributed by atoms with Gasteiger partial charge in [0.2, 0.25) is 0 Å². The van der Waals surface area contributed by atoms with Crippen molar-refractivity contribution in [2.45, 2.75) is 11.1 Å². The van der Waals surface area contributed by atoms with Crippen molar-refractivity contribution in [3.63, 3.8) is 0 Å². The number of alkyl halides is 3. The molecule has 1 aromatic carbocycles. The summed E-state index contributed by atoms with van der Waals surface area (Å²) >= 11 is 6.51. The lowest BCUT2D eigenvalue weighted by atomic mass is 10.2. The molecule has 78 valence electrons. The Bertz CT molecular complexity index is 351. The van der Waals surface area contributed by atoms with E-state index >= 15 is 0 Å². The Labute approximate surface area is 87.9 Å². The number of hydrogen-bond acceptors (Lipinski definition) is 2. The minimum Gasteiger partial charge on any atom is -0.505 e. The Morgan fingerprint density at radius 3 is 2.36 bits per heavy atom. The highest BCUT2D eigenvalue weighted by molar-refractivity contribution is 7.98. The van der Waals surface area contributed by atoms with Gasteiger partial charge in [0.1, 0.15) is 5.75 Å². The van der Waals surface area contributed by atoms with Crippen LogP contribution in [0.4, 0.5) is 13.2 Å². The van der Waals surface area contributed by atoms with Crippen LogP contribution in [0.5, 0.6) is 5.75 Å². The summed E-state index contributed by atoms with van der Waals surface area (Å²) in [6, 6.07) is 2.04. The first-order chi connectivity index (χ1) is 6.38. The Hall–Kier alpha value is -0.550. The minimum absolute atomic E-state index is 0.322. The van der Waals surface area contributed by atoms with Crippen LogP contribution in [0.15, 0.2) is 17.0 Å². The molecule has 1 aromatic rings. The highest BCUT2D eigenvalue weighted by atomic mass is 35.5. The fraction of sp³-hybridized carbons (Fsp3) is 0.250. The Kier molecular flexibility index (Phi) is 3.21. The summed E-state index contributed by atoms with van der Waals surface area (Å²) in [5, 5.41) is 8.64. The third kappa shape index (κ3) is 2.09. The molecule has 14 heavy (non-hydrogen) atoms. The molecule has 1 N–H and O–H groups in total. The lowest BCUT2D eigenvalue weighted by Gasteiger charge is -2.11. The van der Waals surface area contributed by atoms with E-state index in [4.69, 9.17) is 11.6 Å². The summed E-state index contributed by atoms with van der Waals surface area (Å²) in [6.07, 6.45) is -2.90. The van der Waals surface area contributed by atoms with Crippen molar-refractivity contribution in [1.29, 1.82) is 0 Å². The molecule has 0 heterocycles. The van der Waals surface area contributed by atoms with Crippen LogP contribution in [0, 0.1) is 0 Å². The quantitative estimate of drug-likeness (QED) is 0.756. The van der Waals surface area contributed by atoms with Gasteiger partial charge < -0.3 is 5.11 Å². The zero-order valence-corrected chi connectivity index (χ0v) is 8.59. The van der Waals surface area contributed by atoms with E-state index in [1.165, 1.54) is 6.07 Å². The first-order valence-corrected chi connectivity index (χ1v) is 5.11. The number of halogens is 4. The van der Waals surface area contributed by atoms with Crippen LogP contribution in [0.2, 0.25) is 5.02 Å². The highest BCUT2D eigenvalue weighted by Gasteiger charge is 2.34. The van der Waals surface area contributed by atoms with Gasteiger partial charge in [0.25, 0.3) is 0 Å². The van der Waals surface area contributed by atoms with Crippen molar-refractivity contribution in [3.8, 4) is 5.75 Å². The van der Waals surface area contributed by atoms with Crippen LogP contribution in [-0.2, 0) is 6.18 Å². The molecule has 0 radical (unpaired) electrons. The van der Waals surface area contributed by atoms with Gasteiger partial charge in [-0.1, -0.05) is 11.6 Å². The lowest BCUT2D eigenvalue weighted by molar-refractivity contribution is -0.137. The number of thioether (sulfide) groups is 1. The monoisotopic (exact) mass is 242 g/mol. The maximum Gasteiger partial charge on any atom is 0.417 e. The molecule has 1 rings (SSSR count). The maximum absolute atomic E-state index is 12.3. The van der Waals surface area contributed by atoms with Crippen molar-refractivity contribution in [3.05, 3.63) is 22.7 Å². The maximum atomic E-state index is 12.3. The van der Waals surface area contributed by atoms with E-state index in [9.17, 15) is 18.3 Å². The molecule has 0 fully saturated rings. The first kappa shape index (κ1) is 11.5. The van der Waals surface area contributed by atoms with Crippen LogP contribution >= 0.6 is 23.4 Å². The fourth-order valence-corrected chi connectivity index (χ4v) is 1.76. The van der Waals surface area contributed by atoms with Crippen molar-refractivity contribution >= 4 is 23.4 Å². The van der Waals surface area contributed by atoms with Gasteiger partial charge in [-0.05, 0) is 18.4 Å². The average Bonchev–Trinajstić information content (AvgIpc) is 2.07. The van der Waals surface area contributed by atoms with E-state index in [0.29, 0.717) is 4.90 Å². The van der Waals surface area contributed by atoms with Crippen molar-refractivity contribution in [1.82, 2.24) is 0 Å². The molecule has 0 saturated carbocycles. The van der Waals surface area contributed by atoms with Gasteiger partial charge >= 0.3 is 6.18 Å². The summed E-state index contributed by atoms with van der Waals surface area (Å²) in [5.41, 5.74) is -1.02. The molecule has 0 aromatic heterocycles. The van der Waals surface area contributed by atoms with Gasteiger partial charge in [-0.2, -0.15) is 13.2 Å². The zero-order valence-electron chi connectivity index (χ0n) is 7.02. The molecule has 0 aliphatic heterocycles. The first-order valence-electron chi connectivity index (χ1n) is 3.50. The zero-order chi connectivity index (χ0) is 10.9. The van der Waals surface area contributed by atoms with Gasteiger partial charge in [-0.15, -0.1) is 11.8 Å². The largest absolute Gasteiger partial charge is 0.505 e. The lowest BCUT2D eigenvalue weighted by Crippen LogP contribution is -2.05. The fourth-order valence-electron chi connectivity index (χ4n) is 0.930. The molecule has 0 unspecified atom stereocenters. The molecule has 0 bridgehead atoms. The molecule has 0 atom stereocenters. The van der Waals surface area contributed by atoms with Crippen LogP contribution in [0.25, 0.3) is 0 Å².